The summed E-state index contributed by atoms with van der Waals surface area (Å²) in [5, 5.41) is 12.8. The zero-order valence-corrected chi connectivity index (χ0v) is 17.3. The van der Waals surface area contributed by atoms with E-state index in [4.69, 9.17) is 26.4 Å². The van der Waals surface area contributed by atoms with Crippen LogP contribution in [0.25, 0.3) is 32.8 Å². The van der Waals surface area contributed by atoms with Crippen LogP contribution >= 0.6 is 22.9 Å². The van der Waals surface area contributed by atoms with Crippen LogP contribution in [-0.2, 0) is 0 Å². The van der Waals surface area contributed by atoms with Gasteiger partial charge in [-0.1, -0.05) is 23.7 Å². The first-order valence-electron chi connectivity index (χ1n) is 9.18. The summed E-state index contributed by atoms with van der Waals surface area (Å²) in [5.74, 6) is 0. The molecule has 2 heterocycles. The average Bonchev–Trinajstić information content (AvgIpc) is 3.19. The molecule has 0 fully saturated rings. The molecule has 0 spiro atoms. The van der Waals surface area contributed by atoms with Crippen LogP contribution in [0.15, 0.2) is 58.3 Å². The van der Waals surface area contributed by atoms with Crippen molar-refractivity contribution in [1.82, 2.24) is 4.98 Å². The second-order valence-corrected chi connectivity index (χ2v) is 7.72. The quantitative estimate of drug-likeness (QED) is 0.426. The largest absolute Gasteiger partial charge is 0.438 e. The summed E-state index contributed by atoms with van der Waals surface area (Å²) in [7, 11) is 0. The van der Waals surface area contributed by atoms with Crippen LogP contribution in [-0.4, -0.2) is 18.1 Å². The van der Waals surface area contributed by atoms with E-state index in [0.29, 0.717) is 16.2 Å². The lowest BCUT2D eigenvalue weighted by Crippen LogP contribution is -2.21. The van der Waals surface area contributed by atoms with Crippen molar-refractivity contribution in [3.63, 3.8) is 0 Å². The van der Waals surface area contributed by atoms with Crippen molar-refractivity contribution < 1.29 is 4.42 Å². The summed E-state index contributed by atoms with van der Waals surface area (Å²) in [6.45, 7) is 6.12. The number of benzene rings is 2. The summed E-state index contributed by atoms with van der Waals surface area (Å²) in [6.07, 6.45) is 0. The average molecular weight is 410 g/mol. The molecule has 6 heteroatoms. The lowest BCUT2D eigenvalue weighted by molar-refractivity contribution is 0.536. The molecule has 0 saturated carbocycles. The Hall–Kier alpha value is -2.63. The first-order chi connectivity index (χ1) is 13.6. The SMILES string of the molecule is CCN(CC)c1ccc2cc(-c3nc(-c4ccc(Cl)cc4)cs3)c(=N)oc2c1. The van der Waals surface area contributed by atoms with Crippen molar-refractivity contribution in [1.29, 1.82) is 5.41 Å². The van der Waals surface area contributed by atoms with Gasteiger partial charge in [0.05, 0.1) is 11.3 Å². The van der Waals surface area contributed by atoms with E-state index in [1.165, 1.54) is 11.3 Å². The molecule has 1 N–H and O–H groups in total. The third-order valence-corrected chi connectivity index (χ3v) is 5.88. The Kier molecular flexibility index (Phi) is 5.20. The molecule has 142 valence electrons. The van der Waals surface area contributed by atoms with Crippen molar-refractivity contribution >= 4 is 39.6 Å². The highest BCUT2D eigenvalue weighted by molar-refractivity contribution is 7.13. The summed E-state index contributed by atoms with van der Waals surface area (Å²) in [4.78, 5) is 6.96. The zero-order valence-electron chi connectivity index (χ0n) is 15.7. The maximum Gasteiger partial charge on any atom is 0.222 e. The number of thiazole rings is 1. The Morgan fingerprint density at radius 2 is 1.82 bits per heavy atom. The molecule has 0 radical (unpaired) electrons. The number of halogens is 1. The monoisotopic (exact) mass is 409 g/mol. The van der Waals surface area contributed by atoms with E-state index in [2.05, 4.69) is 24.8 Å². The number of hydrogen-bond donors (Lipinski definition) is 1. The van der Waals surface area contributed by atoms with Crippen molar-refractivity contribution in [2.75, 3.05) is 18.0 Å². The highest BCUT2D eigenvalue weighted by Crippen LogP contribution is 2.30. The minimum atomic E-state index is 0.126. The van der Waals surface area contributed by atoms with Crippen LogP contribution in [0.4, 0.5) is 5.69 Å². The number of rotatable bonds is 5. The lowest BCUT2D eigenvalue weighted by atomic mass is 10.1. The van der Waals surface area contributed by atoms with Gasteiger partial charge in [0.2, 0.25) is 5.55 Å². The standard InChI is InChI=1S/C22H20ClN3OS/c1-3-26(4-2)17-10-7-15-11-18(21(24)27-20(15)12-17)22-25-19(13-28-22)14-5-8-16(23)9-6-14/h5-13,24H,3-4H2,1-2H3. The van der Waals surface area contributed by atoms with Gasteiger partial charge in [-0.3, -0.25) is 5.41 Å². The maximum atomic E-state index is 8.37. The Morgan fingerprint density at radius 3 is 2.54 bits per heavy atom. The van der Waals surface area contributed by atoms with Gasteiger partial charge in [0, 0.05) is 46.2 Å². The first kappa shape index (κ1) is 18.7. The summed E-state index contributed by atoms with van der Waals surface area (Å²) < 4.78 is 5.85. The Balaban J connectivity index is 1.73. The Labute approximate surface area is 172 Å². The fraction of sp³-hybridized carbons (Fsp3) is 0.182. The molecule has 0 unspecified atom stereocenters. The van der Waals surface area contributed by atoms with E-state index in [9.17, 15) is 0 Å². The number of nitrogens with one attached hydrogen (secondary N) is 1. The molecule has 0 bridgehead atoms. The van der Waals surface area contributed by atoms with Crippen LogP contribution in [0, 0.1) is 5.41 Å². The van der Waals surface area contributed by atoms with Gasteiger partial charge < -0.3 is 9.32 Å². The Morgan fingerprint density at radius 1 is 1.07 bits per heavy atom. The van der Waals surface area contributed by atoms with Crippen molar-refractivity contribution in [2.24, 2.45) is 0 Å². The summed E-state index contributed by atoms with van der Waals surface area (Å²) >= 11 is 7.47. The van der Waals surface area contributed by atoms with E-state index in [1.807, 2.05) is 47.8 Å². The molecule has 4 aromatic rings. The predicted molar refractivity (Wildman–Crippen MR) is 117 cm³/mol. The number of anilines is 1. The smallest absolute Gasteiger partial charge is 0.222 e. The van der Waals surface area contributed by atoms with Crippen LogP contribution < -0.4 is 10.5 Å². The number of nitrogens with zero attached hydrogens (tertiary/aromatic N) is 2. The normalized spacial score (nSPS) is 11.1. The van der Waals surface area contributed by atoms with E-state index in [0.717, 1.165) is 40.4 Å². The molecule has 0 atom stereocenters. The highest BCUT2D eigenvalue weighted by atomic mass is 35.5. The fourth-order valence-electron chi connectivity index (χ4n) is 3.21. The Bertz CT molecular complexity index is 1180. The van der Waals surface area contributed by atoms with E-state index in [1.54, 1.807) is 0 Å². The molecule has 4 nitrogen and oxygen atoms in total. The minimum Gasteiger partial charge on any atom is -0.438 e. The number of hydrogen-bond acceptors (Lipinski definition) is 5. The van der Waals surface area contributed by atoms with Crippen LogP contribution in [0.1, 0.15) is 13.8 Å². The summed E-state index contributed by atoms with van der Waals surface area (Å²) in [6, 6.07) is 15.7. The van der Waals surface area contributed by atoms with Crippen LogP contribution in [0.5, 0.6) is 0 Å². The molecule has 0 saturated heterocycles. The lowest BCUT2D eigenvalue weighted by Gasteiger charge is -2.21. The fourth-order valence-corrected chi connectivity index (χ4v) is 4.18. The molecule has 0 amide bonds. The van der Waals surface area contributed by atoms with Gasteiger partial charge in [-0.05, 0) is 44.2 Å². The van der Waals surface area contributed by atoms with E-state index >= 15 is 0 Å². The highest BCUT2D eigenvalue weighted by Gasteiger charge is 2.12. The molecule has 0 aliphatic heterocycles. The third kappa shape index (κ3) is 3.55. The molecule has 28 heavy (non-hydrogen) atoms. The molecule has 0 aliphatic rings. The van der Waals surface area contributed by atoms with Gasteiger partial charge in [0.25, 0.3) is 0 Å². The van der Waals surface area contributed by atoms with Crippen LogP contribution in [0.2, 0.25) is 5.02 Å². The summed E-state index contributed by atoms with van der Waals surface area (Å²) in [5.41, 5.74) is 4.52. The minimum absolute atomic E-state index is 0.126. The predicted octanol–water partition coefficient (Wildman–Crippen LogP) is 6.20. The van der Waals surface area contributed by atoms with Gasteiger partial charge >= 0.3 is 0 Å². The molecule has 2 aromatic carbocycles. The van der Waals surface area contributed by atoms with Crippen LogP contribution in [0.3, 0.4) is 0 Å². The van der Waals surface area contributed by atoms with Gasteiger partial charge in [-0.25, -0.2) is 4.98 Å². The molecule has 4 rings (SSSR count). The van der Waals surface area contributed by atoms with Gasteiger partial charge in [0.15, 0.2) is 0 Å². The van der Waals surface area contributed by atoms with Gasteiger partial charge in [0.1, 0.15) is 10.6 Å². The van der Waals surface area contributed by atoms with Gasteiger partial charge in [-0.15, -0.1) is 11.3 Å². The molecule has 2 aromatic heterocycles. The first-order valence-corrected chi connectivity index (χ1v) is 10.4. The third-order valence-electron chi connectivity index (χ3n) is 4.76. The topological polar surface area (TPSA) is 53.1 Å². The molecule has 0 aliphatic carbocycles. The van der Waals surface area contributed by atoms with E-state index < -0.39 is 0 Å². The molecular weight excluding hydrogens is 390 g/mol. The van der Waals surface area contributed by atoms with Crippen molar-refractivity contribution in [2.45, 2.75) is 13.8 Å². The van der Waals surface area contributed by atoms with Gasteiger partial charge in [-0.2, -0.15) is 0 Å². The number of fused-ring (bicyclic) bond motifs is 1. The van der Waals surface area contributed by atoms with Crippen molar-refractivity contribution in [3.8, 4) is 21.8 Å². The number of aromatic nitrogens is 1. The zero-order chi connectivity index (χ0) is 19.7. The van der Waals surface area contributed by atoms with E-state index in [-0.39, 0.29) is 5.55 Å². The maximum absolute atomic E-state index is 8.37. The second kappa shape index (κ2) is 7.78. The second-order valence-electron chi connectivity index (χ2n) is 6.43. The molecular formula is C22H20ClN3OS. The van der Waals surface area contributed by atoms with Crippen molar-refractivity contribution in [3.05, 3.63) is 64.5 Å².